The zero-order valence-electron chi connectivity index (χ0n) is 21.4. The van der Waals surface area contributed by atoms with E-state index >= 15 is 0 Å². The minimum Gasteiger partial charge on any atom is -0.493 e. The molecular formula is C32H33NO3. The van der Waals surface area contributed by atoms with Crippen LogP contribution in [0.4, 0.5) is 0 Å². The molecule has 1 amide bonds. The maximum absolute atomic E-state index is 12.5. The first-order chi connectivity index (χ1) is 17.5. The molecule has 4 nitrogen and oxygen atoms in total. The molecule has 0 bridgehead atoms. The van der Waals surface area contributed by atoms with Crippen molar-refractivity contribution in [2.45, 2.75) is 26.7 Å². The Kier molecular flexibility index (Phi) is 8.06. The fourth-order valence-electron chi connectivity index (χ4n) is 4.42. The highest BCUT2D eigenvalue weighted by atomic mass is 16.5. The molecule has 4 heteroatoms. The van der Waals surface area contributed by atoms with Crippen LogP contribution in [0.5, 0.6) is 11.5 Å². The third-order valence-corrected chi connectivity index (χ3v) is 6.56. The highest BCUT2D eigenvalue weighted by Gasteiger charge is 2.17. The van der Waals surface area contributed by atoms with E-state index in [-0.39, 0.29) is 5.91 Å². The number of carbonyl (C=O) groups is 1. The Hall–Kier alpha value is -4.05. The number of aryl methyl sites for hydroxylation is 2. The third-order valence-electron chi connectivity index (χ3n) is 6.56. The highest BCUT2D eigenvalue weighted by molar-refractivity contribution is 5.79. The van der Waals surface area contributed by atoms with Gasteiger partial charge >= 0.3 is 0 Å². The van der Waals surface area contributed by atoms with Gasteiger partial charge in [-0.25, -0.2) is 0 Å². The summed E-state index contributed by atoms with van der Waals surface area (Å²) in [5, 5.41) is 3.04. The van der Waals surface area contributed by atoms with Gasteiger partial charge in [0, 0.05) is 12.1 Å². The van der Waals surface area contributed by atoms with Crippen LogP contribution in [-0.2, 0) is 17.6 Å². The minimum absolute atomic E-state index is 0.0133. The van der Waals surface area contributed by atoms with Crippen molar-refractivity contribution in [1.82, 2.24) is 5.32 Å². The predicted octanol–water partition coefficient (Wildman–Crippen LogP) is 6.56. The molecule has 0 spiro atoms. The second-order valence-electron chi connectivity index (χ2n) is 8.98. The van der Waals surface area contributed by atoms with E-state index in [0.29, 0.717) is 30.9 Å². The molecule has 0 aliphatic carbocycles. The topological polar surface area (TPSA) is 47.6 Å². The molecule has 0 aromatic heterocycles. The monoisotopic (exact) mass is 479 g/mol. The maximum atomic E-state index is 12.5. The van der Waals surface area contributed by atoms with Crippen LogP contribution in [0.1, 0.15) is 22.3 Å². The van der Waals surface area contributed by atoms with Crippen LogP contribution >= 0.6 is 0 Å². The van der Waals surface area contributed by atoms with E-state index in [0.717, 1.165) is 22.3 Å². The lowest BCUT2D eigenvalue weighted by atomic mass is 9.97. The van der Waals surface area contributed by atoms with Crippen LogP contribution in [0.2, 0.25) is 0 Å². The Bertz CT molecular complexity index is 1330. The van der Waals surface area contributed by atoms with Gasteiger partial charge in [-0.3, -0.25) is 4.79 Å². The largest absolute Gasteiger partial charge is 0.493 e. The molecule has 4 aromatic rings. The summed E-state index contributed by atoms with van der Waals surface area (Å²) in [4.78, 5) is 12.5. The standard InChI is InChI=1S/C32H33NO3/c1-22-10-11-24(20-23(22)2)21-30(34)33-19-18-28-16-17-29(32(36-4)31(28)35-3)27-14-12-26(13-15-27)25-8-6-5-7-9-25/h5-17,20H,18-19,21H2,1-4H3,(H,33,34). The molecule has 0 aliphatic rings. The number of nitrogens with one attached hydrogen (secondary N) is 1. The fraction of sp³-hybridized carbons (Fsp3) is 0.219. The molecule has 4 rings (SSSR count). The molecule has 0 atom stereocenters. The van der Waals surface area contributed by atoms with Crippen molar-refractivity contribution >= 4 is 5.91 Å². The molecule has 0 saturated carbocycles. The first-order valence-corrected chi connectivity index (χ1v) is 12.2. The SMILES string of the molecule is COc1c(CCNC(=O)Cc2ccc(C)c(C)c2)ccc(-c2ccc(-c3ccccc3)cc2)c1OC. The lowest BCUT2D eigenvalue weighted by Crippen LogP contribution is -2.27. The van der Waals surface area contributed by atoms with E-state index in [9.17, 15) is 4.79 Å². The van der Waals surface area contributed by atoms with Gasteiger partial charge in [-0.15, -0.1) is 0 Å². The normalized spacial score (nSPS) is 10.7. The lowest BCUT2D eigenvalue weighted by Gasteiger charge is -2.17. The highest BCUT2D eigenvalue weighted by Crippen LogP contribution is 2.41. The first kappa shape index (κ1) is 25.1. The lowest BCUT2D eigenvalue weighted by molar-refractivity contribution is -0.120. The second kappa shape index (κ2) is 11.6. The van der Waals surface area contributed by atoms with Gasteiger partial charge in [-0.1, -0.05) is 84.9 Å². The molecule has 0 radical (unpaired) electrons. The van der Waals surface area contributed by atoms with Gasteiger partial charge < -0.3 is 14.8 Å². The van der Waals surface area contributed by atoms with Gasteiger partial charge in [0.15, 0.2) is 11.5 Å². The number of hydrogen-bond donors (Lipinski definition) is 1. The molecule has 0 saturated heterocycles. The average molecular weight is 480 g/mol. The number of hydrogen-bond acceptors (Lipinski definition) is 3. The zero-order chi connectivity index (χ0) is 25.5. The Balaban J connectivity index is 1.46. The number of ether oxygens (including phenoxy) is 2. The quantitative estimate of drug-likeness (QED) is 0.296. The molecule has 184 valence electrons. The van der Waals surface area contributed by atoms with Gasteiger partial charge in [-0.2, -0.15) is 0 Å². The number of rotatable bonds is 9. The van der Waals surface area contributed by atoms with Crippen LogP contribution < -0.4 is 14.8 Å². The summed E-state index contributed by atoms with van der Waals surface area (Å²) in [6.45, 7) is 4.66. The van der Waals surface area contributed by atoms with Crippen molar-refractivity contribution in [3.05, 3.63) is 107 Å². The molecule has 4 aromatic carbocycles. The van der Waals surface area contributed by atoms with Crippen LogP contribution in [0.3, 0.4) is 0 Å². The minimum atomic E-state index is 0.0133. The Morgan fingerprint density at radius 1 is 0.722 bits per heavy atom. The molecule has 0 unspecified atom stereocenters. The Morgan fingerprint density at radius 2 is 1.39 bits per heavy atom. The van der Waals surface area contributed by atoms with Gasteiger partial charge in [0.1, 0.15) is 0 Å². The van der Waals surface area contributed by atoms with E-state index in [1.807, 2.05) is 24.3 Å². The third kappa shape index (κ3) is 5.77. The van der Waals surface area contributed by atoms with Crippen LogP contribution in [-0.4, -0.2) is 26.7 Å². The number of methoxy groups -OCH3 is 2. The van der Waals surface area contributed by atoms with Crippen molar-refractivity contribution < 1.29 is 14.3 Å². The van der Waals surface area contributed by atoms with Crippen LogP contribution in [0.15, 0.2) is 84.9 Å². The summed E-state index contributed by atoms with van der Waals surface area (Å²) < 4.78 is 11.6. The van der Waals surface area contributed by atoms with E-state index in [1.165, 1.54) is 22.3 Å². The second-order valence-corrected chi connectivity index (χ2v) is 8.98. The van der Waals surface area contributed by atoms with Crippen molar-refractivity contribution in [2.24, 2.45) is 0 Å². The molecular weight excluding hydrogens is 446 g/mol. The summed E-state index contributed by atoms with van der Waals surface area (Å²) >= 11 is 0. The van der Waals surface area contributed by atoms with Gasteiger partial charge in [0.05, 0.1) is 20.6 Å². The van der Waals surface area contributed by atoms with Crippen molar-refractivity contribution in [1.29, 1.82) is 0 Å². The van der Waals surface area contributed by atoms with E-state index in [1.54, 1.807) is 14.2 Å². The van der Waals surface area contributed by atoms with E-state index in [4.69, 9.17) is 9.47 Å². The molecule has 0 fully saturated rings. The first-order valence-electron chi connectivity index (χ1n) is 12.2. The maximum Gasteiger partial charge on any atom is 0.224 e. The fourth-order valence-corrected chi connectivity index (χ4v) is 4.42. The summed E-state index contributed by atoms with van der Waals surface area (Å²) in [7, 11) is 3.32. The Morgan fingerprint density at radius 3 is 2.06 bits per heavy atom. The summed E-state index contributed by atoms with van der Waals surface area (Å²) in [6.07, 6.45) is 1.02. The van der Waals surface area contributed by atoms with E-state index < -0.39 is 0 Å². The van der Waals surface area contributed by atoms with Crippen molar-refractivity contribution in [3.8, 4) is 33.8 Å². The van der Waals surface area contributed by atoms with Crippen molar-refractivity contribution in [2.75, 3.05) is 20.8 Å². The summed E-state index contributed by atoms with van der Waals surface area (Å²) in [6, 6.07) is 29.0. The number of carbonyl (C=O) groups excluding carboxylic acids is 1. The van der Waals surface area contributed by atoms with Gasteiger partial charge in [0.25, 0.3) is 0 Å². The number of benzene rings is 4. The zero-order valence-corrected chi connectivity index (χ0v) is 21.4. The van der Waals surface area contributed by atoms with Crippen LogP contribution in [0.25, 0.3) is 22.3 Å². The van der Waals surface area contributed by atoms with Gasteiger partial charge in [0.2, 0.25) is 5.91 Å². The summed E-state index contributed by atoms with van der Waals surface area (Å²) in [5.41, 5.74) is 8.82. The smallest absolute Gasteiger partial charge is 0.224 e. The van der Waals surface area contributed by atoms with E-state index in [2.05, 4.69) is 79.8 Å². The molecule has 36 heavy (non-hydrogen) atoms. The predicted molar refractivity (Wildman–Crippen MR) is 147 cm³/mol. The van der Waals surface area contributed by atoms with Crippen molar-refractivity contribution in [3.63, 3.8) is 0 Å². The Labute approximate surface area is 213 Å². The number of amides is 1. The summed E-state index contributed by atoms with van der Waals surface area (Å²) in [5.74, 6) is 1.41. The molecule has 0 heterocycles. The molecule has 0 aliphatic heterocycles. The average Bonchev–Trinajstić information content (AvgIpc) is 2.91. The van der Waals surface area contributed by atoms with Crippen LogP contribution in [0, 0.1) is 13.8 Å². The van der Waals surface area contributed by atoms with Gasteiger partial charge in [-0.05, 0) is 59.2 Å². The molecule has 1 N–H and O–H groups in total.